The van der Waals surface area contributed by atoms with Gasteiger partial charge in [0, 0.05) is 37.9 Å². The maximum atomic E-state index is 13.1. The lowest BCUT2D eigenvalue weighted by molar-refractivity contribution is 0.198. The Labute approximate surface area is 147 Å². The van der Waals surface area contributed by atoms with Gasteiger partial charge >= 0.3 is 0 Å². The van der Waals surface area contributed by atoms with Crippen LogP contribution in [0.2, 0.25) is 0 Å². The molecule has 1 heterocycles. The fraction of sp³-hybridized carbons (Fsp3) is 0.368. The van der Waals surface area contributed by atoms with E-state index in [-0.39, 0.29) is 5.82 Å². The molecule has 0 aliphatic carbocycles. The van der Waals surface area contributed by atoms with E-state index in [0.29, 0.717) is 6.04 Å². The van der Waals surface area contributed by atoms with Crippen molar-refractivity contribution in [2.45, 2.75) is 19.1 Å². The quantitative estimate of drug-likeness (QED) is 0.815. The number of hydrogen-bond donors (Lipinski definition) is 2. The van der Waals surface area contributed by atoms with Gasteiger partial charge < -0.3 is 10.6 Å². The molecule has 5 nitrogen and oxygen atoms in total. The summed E-state index contributed by atoms with van der Waals surface area (Å²) in [5, 5.41) is 3.35. The molecule has 132 valence electrons. The maximum Gasteiger partial charge on any atom is 0.143 e. The number of piperazine rings is 1. The van der Waals surface area contributed by atoms with Crippen molar-refractivity contribution >= 4 is 5.69 Å². The molecular weight excluding hydrogens is 317 g/mol. The number of nitrogens with zero attached hydrogens (tertiary/aromatic N) is 3. The largest absolute Gasteiger partial charge is 0.369 e. The van der Waals surface area contributed by atoms with Gasteiger partial charge in [0.15, 0.2) is 0 Å². The molecule has 0 amide bonds. The molecule has 3 rings (SSSR count). The van der Waals surface area contributed by atoms with Crippen molar-refractivity contribution in [3.63, 3.8) is 0 Å². The van der Waals surface area contributed by atoms with Crippen molar-refractivity contribution in [2.24, 2.45) is 10.8 Å². The Morgan fingerprint density at radius 2 is 1.52 bits per heavy atom. The number of benzene rings is 2. The number of hydrogen-bond acceptors (Lipinski definition) is 5. The van der Waals surface area contributed by atoms with Crippen LogP contribution in [0.5, 0.6) is 0 Å². The molecule has 2 aromatic rings. The van der Waals surface area contributed by atoms with Crippen molar-refractivity contribution in [3.8, 4) is 0 Å². The summed E-state index contributed by atoms with van der Waals surface area (Å²) in [6, 6.07) is 15.1. The van der Waals surface area contributed by atoms with E-state index in [2.05, 4.69) is 34.0 Å². The van der Waals surface area contributed by atoms with Crippen LogP contribution < -0.4 is 10.6 Å². The van der Waals surface area contributed by atoms with Crippen LogP contribution in [0, 0.1) is 11.3 Å². The van der Waals surface area contributed by atoms with Gasteiger partial charge in [-0.1, -0.05) is 24.3 Å². The molecule has 2 aromatic carbocycles. The Hall–Kier alpha value is -2.31. The molecular formula is C19H24FN5. The lowest BCUT2D eigenvalue weighted by atomic mass is 10.0. The van der Waals surface area contributed by atoms with Crippen LogP contribution in [-0.4, -0.2) is 31.1 Å². The van der Waals surface area contributed by atoms with Crippen LogP contribution >= 0.6 is 0 Å². The van der Waals surface area contributed by atoms with Gasteiger partial charge in [0.1, 0.15) is 12.0 Å². The summed E-state index contributed by atoms with van der Waals surface area (Å²) in [7, 11) is 0. The minimum absolute atomic E-state index is 0.197. The second kappa shape index (κ2) is 7.72. The summed E-state index contributed by atoms with van der Waals surface area (Å²) < 4.78 is 13.1. The highest BCUT2D eigenvalue weighted by molar-refractivity contribution is 5.46. The van der Waals surface area contributed by atoms with Crippen LogP contribution in [0.1, 0.15) is 30.3 Å². The number of rotatable bonds is 5. The molecule has 1 aliphatic rings. The van der Waals surface area contributed by atoms with Crippen LogP contribution in [-0.2, 0) is 0 Å². The molecule has 1 fully saturated rings. The highest BCUT2D eigenvalue weighted by Crippen LogP contribution is 2.25. The molecule has 3 N–H and O–H groups in total. The predicted molar refractivity (Wildman–Crippen MR) is 97.1 cm³/mol. The van der Waals surface area contributed by atoms with E-state index in [1.807, 2.05) is 24.3 Å². The minimum Gasteiger partial charge on any atom is -0.369 e. The van der Waals surface area contributed by atoms with E-state index < -0.39 is 6.17 Å². The Bertz CT molecular complexity index is 693. The summed E-state index contributed by atoms with van der Waals surface area (Å²) in [5.74, 6) is -0.197. The van der Waals surface area contributed by atoms with Gasteiger partial charge in [-0.05, 0) is 42.3 Å². The first-order valence-electron chi connectivity index (χ1n) is 8.55. The third kappa shape index (κ3) is 4.03. The zero-order valence-corrected chi connectivity index (χ0v) is 14.4. The van der Waals surface area contributed by atoms with Crippen molar-refractivity contribution in [3.05, 3.63) is 65.5 Å². The second-order valence-corrected chi connectivity index (χ2v) is 6.42. The molecule has 0 bridgehead atoms. The van der Waals surface area contributed by atoms with Gasteiger partial charge in [0.25, 0.3) is 0 Å². The molecule has 0 saturated carbocycles. The fourth-order valence-electron chi connectivity index (χ4n) is 3.28. The number of anilines is 1. The van der Waals surface area contributed by atoms with Gasteiger partial charge in [-0.2, -0.15) is 5.11 Å². The molecule has 6 heteroatoms. The number of halogens is 1. The molecule has 0 unspecified atom stereocenters. The normalized spacial score (nSPS) is 18.0. The molecule has 0 spiro atoms. The van der Waals surface area contributed by atoms with Gasteiger partial charge in [0.05, 0.1) is 0 Å². The minimum atomic E-state index is -0.580. The Balaban J connectivity index is 1.60. The van der Waals surface area contributed by atoms with E-state index in [4.69, 9.17) is 11.3 Å². The van der Waals surface area contributed by atoms with Crippen molar-refractivity contribution in [1.82, 2.24) is 4.90 Å². The summed E-state index contributed by atoms with van der Waals surface area (Å²) in [6.45, 7) is 5.98. The predicted octanol–water partition coefficient (Wildman–Crippen LogP) is 3.70. The molecule has 1 saturated heterocycles. The molecule has 0 aromatic heterocycles. The highest BCUT2D eigenvalue weighted by atomic mass is 19.1. The third-order valence-electron chi connectivity index (χ3n) is 4.95. The standard InChI is InChI=1S/C19H24FN5/c1-14(15-2-4-16(5-3-15)19(21)23-22)24-10-12-25(13-11-24)18-8-6-17(20)7-9-18/h2-9,14,19,22H,10-13,21H2,1H3/t14-,19-/m1/s1. The van der Waals surface area contributed by atoms with E-state index in [9.17, 15) is 4.39 Å². The first kappa shape index (κ1) is 17.5. The van der Waals surface area contributed by atoms with Gasteiger partial charge in [-0.15, -0.1) is 0 Å². The SMILES string of the molecule is C[C@H](c1ccc([C@H](N)N=N)cc1)N1CCN(c2ccc(F)cc2)CC1. The first-order valence-corrected chi connectivity index (χ1v) is 8.55. The molecule has 0 radical (unpaired) electrons. The summed E-state index contributed by atoms with van der Waals surface area (Å²) in [4.78, 5) is 4.74. The van der Waals surface area contributed by atoms with Gasteiger partial charge in [-0.3, -0.25) is 4.90 Å². The Morgan fingerprint density at radius 1 is 0.960 bits per heavy atom. The van der Waals surface area contributed by atoms with Crippen LogP contribution in [0.25, 0.3) is 0 Å². The lowest BCUT2D eigenvalue weighted by Gasteiger charge is -2.39. The van der Waals surface area contributed by atoms with E-state index in [0.717, 1.165) is 37.4 Å². The summed E-state index contributed by atoms with van der Waals surface area (Å²) >= 11 is 0. The average molecular weight is 341 g/mol. The monoisotopic (exact) mass is 341 g/mol. The number of nitrogens with one attached hydrogen (secondary N) is 1. The second-order valence-electron chi connectivity index (χ2n) is 6.42. The molecule has 25 heavy (non-hydrogen) atoms. The highest BCUT2D eigenvalue weighted by Gasteiger charge is 2.22. The summed E-state index contributed by atoms with van der Waals surface area (Å²) in [6.07, 6.45) is -0.580. The fourth-order valence-corrected chi connectivity index (χ4v) is 3.28. The van der Waals surface area contributed by atoms with Crippen molar-refractivity contribution in [2.75, 3.05) is 31.1 Å². The topological polar surface area (TPSA) is 68.7 Å². The van der Waals surface area contributed by atoms with E-state index in [1.54, 1.807) is 0 Å². The Kier molecular flexibility index (Phi) is 5.40. The van der Waals surface area contributed by atoms with E-state index in [1.165, 1.54) is 17.7 Å². The zero-order chi connectivity index (χ0) is 17.8. The van der Waals surface area contributed by atoms with E-state index >= 15 is 0 Å². The summed E-state index contributed by atoms with van der Waals surface area (Å²) in [5.41, 5.74) is 15.9. The first-order chi connectivity index (χ1) is 12.1. The van der Waals surface area contributed by atoms with Crippen LogP contribution in [0.15, 0.2) is 53.6 Å². The zero-order valence-electron chi connectivity index (χ0n) is 14.4. The van der Waals surface area contributed by atoms with Crippen molar-refractivity contribution in [1.29, 1.82) is 5.53 Å². The van der Waals surface area contributed by atoms with Gasteiger partial charge in [-0.25, -0.2) is 9.92 Å². The molecule has 2 atom stereocenters. The third-order valence-corrected chi connectivity index (χ3v) is 4.95. The number of nitrogens with two attached hydrogens (primary N) is 1. The van der Waals surface area contributed by atoms with Crippen LogP contribution in [0.4, 0.5) is 10.1 Å². The smallest absolute Gasteiger partial charge is 0.143 e. The Morgan fingerprint density at radius 3 is 2.08 bits per heavy atom. The van der Waals surface area contributed by atoms with Crippen molar-refractivity contribution < 1.29 is 4.39 Å². The van der Waals surface area contributed by atoms with Crippen LogP contribution in [0.3, 0.4) is 0 Å². The molecule has 1 aliphatic heterocycles. The van der Waals surface area contributed by atoms with Gasteiger partial charge in [0.2, 0.25) is 0 Å². The lowest BCUT2D eigenvalue weighted by Crippen LogP contribution is -2.47. The maximum absolute atomic E-state index is 13.1. The average Bonchev–Trinajstić information content (AvgIpc) is 2.67.